The standard InChI is InChI=1S/C19H26N4O/c1-16-15-23(11-10-22(16)12-13-24-2)19-8-9-20-18(21-19)14-17-6-4-3-5-7-17/h3-9,16H,10-15H2,1-2H3. The van der Waals surface area contributed by atoms with Crippen LogP contribution in [-0.4, -0.2) is 60.8 Å². The fraction of sp³-hybridized carbons (Fsp3) is 0.474. The molecule has 0 saturated carbocycles. The summed E-state index contributed by atoms with van der Waals surface area (Å²) >= 11 is 0. The van der Waals surface area contributed by atoms with E-state index in [4.69, 9.17) is 9.72 Å². The van der Waals surface area contributed by atoms with Crippen LogP contribution in [0, 0.1) is 0 Å². The fourth-order valence-corrected chi connectivity index (χ4v) is 3.17. The van der Waals surface area contributed by atoms with Gasteiger partial charge in [-0.25, -0.2) is 9.97 Å². The van der Waals surface area contributed by atoms with Crippen molar-refractivity contribution >= 4 is 5.82 Å². The van der Waals surface area contributed by atoms with Gasteiger partial charge in [0.2, 0.25) is 0 Å². The second kappa shape index (κ2) is 8.22. The molecule has 3 rings (SSSR count). The molecule has 128 valence electrons. The highest BCUT2D eigenvalue weighted by Gasteiger charge is 2.24. The Morgan fingerprint density at radius 1 is 1.17 bits per heavy atom. The molecule has 0 amide bonds. The number of hydrogen-bond donors (Lipinski definition) is 0. The Kier molecular flexibility index (Phi) is 5.77. The third kappa shape index (κ3) is 4.30. The third-order valence-electron chi connectivity index (χ3n) is 4.57. The lowest BCUT2D eigenvalue weighted by molar-refractivity contribution is 0.117. The molecule has 5 nitrogen and oxygen atoms in total. The topological polar surface area (TPSA) is 41.5 Å². The molecule has 1 unspecified atom stereocenters. The summed E-state index contributed by atoms with van der Waals surface area (Å²) in [5.74, 6) is 1.92. The van der Waals surface area contributed by atoms with E-state index in [1.165, 1.54) is 5.56 Å². The molecule has 5 heteroatoms. The highest BCUT2D eigenvalue weighted by molar-refractivity contribution is 5.39. The molecule has 2 heterocycles. The Bertz CT molecular complexity index is 634. The number of rotatable bonds is 6. The zero-order valence-corrected chi connectivity index (χ0v) is 14.6. The maximum absolute atomic E-state index is 5.20. The summed E-state index contributed by atoms with van der Waals surface area (Å²) in [7, 11) is 1.76. The van der Waals surface area contributed by atoms with E-state index in [0.29, 0.717) is 6.04 Å². The number of hydrogen-bond acceptors (Lipinski definition) is 5. The molecule has 1 atom stereocenters. The van der Waals surface area contributed by atoms with Gasteiger partial charge >= 0.3 is 0 Å². The van der Waals surface area contributed by atoms with Gasteiger partial charge < -0.3 is 9.64 Å². The van der Waals surface area contributed by atoms with Gasteiger partial charge in [0.15, 0.2) is 0 Å². The Hall–Kier alpha value is -1.98. The lowest BCUT2D eigenvalue weighted by atomic mass is 10.1. The quantitative estimate of drug-likeness (QED) is 0.814. The number of nitrogens with zero attached hydrogens (tertiary/aromatic N) is 4. The van der Waals surface area contributed by atoms with Crippen molar-refractivity contribution in [3.8, 4) is 0 Å². The van der Waals surface area contributed by atoms with Gasteiger partial charge in [0.05, 0.1) is 6.61 Å². The van der Waals surface area contributed by atoms with Gasteiger partial charge in [-0.15, -0.1) is 0 Å². The van der Waals surface area contributed by atoms with Gasteiger partial charge in [-0.3, -0.25) is 4.90 Å². The molecule has 0 spiro atoms. The minimum atomic E-state index is 0.501. The highest BCUT2D eigenvalue weighted by atomic mass is 16.5. The molecular weight excluding hydrogens is 300 g/mol. The zero-order chi connectivity index (χ0) is 16.8. The smallest absolute Gasteiger partial charge is 0.135 e. The Balaban J connectivity index is 1.64. The molecule has 0 aliphatic carbocycles. The van der Waals surface area contributed by atoms with Crippen LogP contribution in [0.25, 0.3) is 0 Å². The molecule has 1 saturated heterocycles. The van der Waals surface area contributed by atoms with Crippen LogP contribution in [0.1, 0.15) is 18.3 Å². The van der Waals surface area contributed by atoms with Crippen molar-refractivity contribution < 1.29 is 4.74 Å². The van der Waals surface area contributed by atoms with E-state index in [1.54, 1.807) is 7.11 Å². The number of aromatic nitrogens is 2. The van der Waals surface area contributed by atoms with E-state index in [2.05, 4.69) is 46.0 Å². The first-order valence-electron chi connectivity index (χ1n) is 8.60. The normalized spacial score (nSPS) is 18.8. The maximum atomic E-state index is 5.20. The number of benzene rings is 1. The largest absolute Gasteiger partial charge is 0.383 e. The van der Waals surface area contributed by atoms with Gasteiger partial charge in [0, 0.05) is 51.9 Å². The first-order chi connectivity index (χ1) is 11.8. The summed E-state index contributed by atoms with van der Waals surface area (Å²) in [5.41, 5.74) is 1.24. The Labute approximate surface area is 144 Å². The molecule has 0 bridgehead atoms. The lowest BCUT2D eigenvalue weighted by Gasteiger charge is -2.40. The summed E-state index contributed by atoms with van der Waals surface area (Å²) in [6, 6.07) is 12.9. The van der Waals surface area contributed by atoms with Gasteiger partial charge in [-0.1, -0.05) is 30.3 Å². The van der Waals surface area contributed by atoms with Crippen molar-refractivity contribution in [3.05, 3.63) is 54.0 Å². The van der Waals surface area contributed by atoms with Crippen molar-refractivity contribution in [3.63, 3.8) is 0 Å². The first kappa shape index (κ1) is 16.9. The van der Waals surface area contributed by atoms with Crippen LogP contribution < -0.4 is 4.90 Å². The molecule has 0 N–H and O–H groups in total. The van der Waals surface area contributed by atoms with Crippen molar-refractivity contribution in [1.29, 1.82) is 0 Å². The molecular formula is C19H26N4O. The van der Waals surface area contributed by atoms with Crippen LogP contribution in [0.5, 0.6) is 0 Å². The second-order valence-corrected chi connectivity index (χ2v) is 6.32. The summed E-state index contributed by atoms with van der Waals surface area (Å²) in [4.78, 5) is 14.1. The number of piperazine rings is 1. The fourth-order valence-electron chi connectivity index (χ4n) is 3.17. The Morgan fingerprint density at radius 3 is 2.75 bits per heavy atom. The summed E-state index contributed by atoms with van der Waals surface area (Å²) < 4.78 is 5.20. The van der Waals surface area contributed by atoms with Gasteiger partial charge in [-0.2, -0.15) is 0 Å². The van der Waals surface area contributed by atoms with Crippen LogP contribution in [0.4, 0.5) is 5.82 Å². The van der Waals surface area contributed by atoms with E-state index >= 15 is 0 Å². The van der Waals surface area contributed by atoms with Crippen molar-refractivity contribution in [2.75, 3.05) is 44.8 Å². The first-order valence-corrected chi connectivity index (χ1v) is 8.60. The molecule has 0 radical (unpaired) electrons. The van der Waals surface area contributed by atoms with Crippen LogP contribution >= 0.6 is 0 Å². The zero-order valence-electron chi connectivity index (χ0n) is 14.6. The summed E-state index contributed by atoms with van der Waals surface area (Å²) in [5, 5.41) is 0. The number of anilines is 1. The van der Waals surface area contributed by atoms with E-state index in [1.807, 2.05) is 18.3 Å². The minimum Gasteiger partial charge on any atom is -0.383 e. The average Bonchev–Trinajstić information content (AvgIpc) is 2.62. The molecule has 1 fully saturated rings. The molecule has 1 aromatic heterocycles. The van der Waals surface area contributed by atoms with E-state index in [-0.39, 0.29) is 0 Å². The average molecular weight is 326 g/mol. The lowest BCUT2D eigenvalue weighted by Crippen LogP contribution is -2.53. The predicted octanol–water partition coefficient (Wildman–Crippen LogP) is 2.22. The summed E-state index contributed by atoms with van der Waals surface area (Å²) in [6.45, 7) is 7.09. The summed E-state index contributed by atoms with van der Waals surface area (Å²) in [6.07, 6.45) is 2.65. The van der Waals surface area contributed by atoms with E-state index < -0.39 is 0 Å². The van der Waals surface area contributed by atoms with Crippen LogP contribution in [0.15, 0.2) is 42.6 Å². The van der Waals surface area contributed by atoms with Crippen LogP contribution in [0.3, 0.4) is 0 Å². The number of methoxy groups -OCH3 is 1. The maximum Gasteiger partial charge on any atom is 0.135 e. The van der Waals surface area contributed by atoms with Crippen LogP contribution in [-0.2, 0) is 11.2 Å². The number of ether oxygens (including phenoxy) is 1. The molecule has 2 aromatic rings. The molecule has 1 aromatic carbocycles. The molecule has 24 heavy (non-hydrogen) atoms. The monoisotopic (exact) mass is 326 g/mol. The SMILES string of the molecule is COCCN1CCN(c2ccnc(Cc3ccccc3)n2)CC1C. The highest BCUT2D eigenvalue weighted by Crippen LogP contribution is 2.17. The minimum absolute atomic E-state index is 0.501. The van der Waals surface area contributed by atoms with Crippen molar-refractivity contribution in [1.82, 2.24) is 14.9 Å². The van der Waals surface area contributed by atoms with Gasteiger partial charge in [0.25, 0.3) is 0 Å². The molecule has 1 aliphatic rings. The third-order valence-corrected chi connectivity index (χ3v) is 4.57. The predicted molar refractivity (Wildman–Crippen MR) is 96.4 cm³/mol. The van der Waals surface area contributed by atoms with Crippen molar-refractivity contribution in [2.45, 2.75) is 19.4 Å². The van der Waals surface area contributed by atoms with Crippen LogP contribution in [0.2, 0.25) is 0 Å². The molecule has 1 aliphatic heterocycles. The van der Waals surface area contributed by atoms with E-state index in [9.17, 15) is 0 Å². The van der Waals surface area contributed by atoms with E-state index in [0.717, 1.165) is 50.8 Å². The Morgan fingerprint density at radius 2 is 2.00 bits per heavy atom. The van der Waals surface area contributed by atoms with Gasteiger partial charge in [-0.05, 0) is 18.6 Å². The van der Waals surface area contributed by atoms with Gasteiger partial charge in [0.1, 0.15) is 11.6 Å². The van der Waals surface area contributed by atoms with Crippen molar-refractivity contribution in [2.24, 2.45) is 0 Å². The second-order valence-electron chi connectivity index (χ2n) is 6.32.